The van der Waals surface area contributed by atoms with Crippen LogP contribution in [-0.4, -0.2) is 32.0 Å². The normalized spacial score (nSPS) is 11.5. The maximum absolute atomic E-state index is 13.6. The molecule has 2 aromatic heterocycles. The summed E-state index contributed by atoms with van der Waals surface area (Å²) < 4.78 is 7.58. The Morgan fingerprint density at radius 1 is 1.19 bits per heavy atom. The molecule has 2 heterocycles. The van der Waals surface area contributed by atoms with Gasteiger partial charge in [-0.1, -0.05) is 13.3 Å². The van der Waals surface area contributed by atoms with Crippen LogP contribution in [0.1, 0.15) is 25.3 Å². The molecule has 4 rings (SSSR count). The molecule has 0 spiro atoms. The molecule has 162 valence electrons. The van der Waals surface area contributed by atoms with Crippen molar-refractivity contribution in [3.8, 4) is 34.4 Å². The highest BCUT2D eigenvalue weighted by atomic mass is 79.9. The average Bonchev–Trinajstić information content (AvgIpc) is 3.10. The number of thiophene rings is 1. The van der Waals surface area contributed by atoms with Gasteiger partial charge in [0, 0.05) is 17.5 Å². The minimum Gasteiger partial charge on any atom is -0.506 e. The van der Waals surface area contributed by atoms with Crippen molar-refractivity contribution in [2.75, 3.05) is 7.11 Å². The van der Waals surface area contributed by atoms with Crippen LogP contribution >= 0.6 is 27.3 Å². The second-order valence-corrected chi connectivity index (χ2v) is 9.12. The van der Waals surface area contributed by atoms with Gasteiger partial charge in [-0.25, -0.2) is 4.98 Å². The van der Waals surface area contributed by atoms with Gasteiger partial charge in [-0.2, -0.15) is 0 Å². The van der Waals surface area contributed by atoms with Gasteiger partial charge in [-0.15, -0.1) is 11.3 Å². The second-order valence-electron chi connectivity index (χ2n) is 7.33. The lowest BCUT2D eigenvalue weighted by atomic mass is 10.1. The number of benzene rings is 2. The molecule has 3 N–H and O–H groups in total. The van der Waals surface area contributed by atoms with Gasteiger partial charge in [-0.3, -0.25) is 9.36 Å². The zero-order chi connectivity index (χ0) is 22.4. The Balaban J connectivity index is 2.13. The first-order chi connectivity index (χ1) is 14.8. The van der Waals surface area contributed by atoms with Crippen LogP contribution in [0.15, 0.2) is 27.5 Å². The molecule has 31 heavy (non-hydrogen) atoms. The SMILES string of the molecule is CCCCn1c(-c2cc(OC)c(O)c(O)c2Br)nc2sc3c(O)cc(C)cc3c2c1=O. The molecule has 0 saturated heterocycles. The van der Waals surface area contributed by atoms with E-state index in [1.54, 1.807) is 10.6 Å². The number of ether oxygens (including phenoxy) is 1. The van der Waals surface area contributed by atoms with Crippen LogP contribution in [0.2, 0.25) is 0 Å². The van der Waals surface area contributed by atoms with Crippen LogP contribution in [0.4, 0.5) is 0 Å². The summed E-state index contributed by atoms with van der Waals surface area (Å²) in [7, 11) is 1.38. The number of fused-ring (bicyclic) bond motifs is 3. The maximum atomic E-state index is 13.6. The number of aromatic nitrogens is 2. The number of rotatable bonds is 5. The number of halogens is 1. The van der Waals surface area contributed by atoms with E-state index in [0.29, 0.717) is 38.2 Å². The topological polar surface area (TPSA) is 105 Å². The summed E-state index contributed by atoms with van der Waals surface area (Å²) in [6.45, 7) is 4.32. The Kier molecular flexibility index (Phi) is 5.57. The van der Waals surface area contributed by atoms with Gasteiger partial charge in [0.05, 0.1) is 21.7 Å². The van der Waals surface area contributed by atoms with E-state index in [1.807, 2.05) is 19.9 Å². The lowest BCUT2D eigenvalue weighted by Gasteiger charge is -2.16. The molecular formula is C22H21BrN2O5S. The number of nitrogens with zero attached hydrogens (tertiary/aromatic N) is 2. The summed E-state index contributed by atoms with van der Waals surface area (Å²) in [6.07, 6.45) is 1.63. The quantitative estimate of drug-likeness (QED) is 0.319. The third-order valence-corrected chi connectivity index (χ3v) is 7.12. The standard InChI is InChI=1S/C22H21BrN2O5S/c1-4-5-6-25-20(12-9-14(30-3)17(27)18(28)16(12)23)24-21-15(22(25)29)11-7-10(2)8-13(26)19(11)31-21/h7-9,26-28H,4-6H2,1-3H3. The second kappa shape index (κ2) is 8.05. The van der Waals surface area contributed by atoms with Gasteiger partial charge in [0.15, 0.2) is 11.5 Å². The smallest absolute Gasteiger partial charge is 0.263 e. The molecule has 0 radical (unpaired) electrons. The van der Waals surface area contributed by atoms with Gasteiger partial charge >= 0.3 is 0 Å². The Morgan fingerprint density at radius 2 is 1.94 bits per heavy atom. The Morgan fingerprint density at radius 3 is 2.61 bits per heavy atom. The number of unbranched alkanes of at least 4 members (excludes halogenated alkanes) is 1. The van der Waals surface area contributed by atoms with E-state index in [-0.39, 0.29) is 21.5 Å². The fraction of sp³-hybridized carbons (Fsp3) is 0.273. The minimum absolute atomic E-state index is 0.0664. The number of phenolic OH excluding ortho intramolecular Hbond substituents is 3. The van der Waals surface area contributed by atoms with Crippen LogP contribution < -0.4 is 10.3 Å². The number of hydrogen-bond donors (Lipinski definition) is 3. The predicted octanol–water partition coefficient (Wildman–Crippen LogP) is 5.27. The van der Waals surface area contributed by atoms with Crippen molar-refractivity contribution in [1.82, 2.24) is 9.55 Å². The molecule has 0 atom stereocenters. The highest BCUT2D eigenvalue weighted by Crippen LogP contribution is 2.47. The molecule has 4 aromatic rings. The molecule has 0 bridgehead atoms. The molecule has 0 saturated carbocycles. The number of methoxy groups -OCH3 is 1. The van der Waals surface area contributed by atoms with Crippen molar-refractivity contribution in [3.05, 3.63) is 38.6 Å². The van der Waals surface area contributed by atoms with Crippen molar-refractivity contribution in [3.63, 3.8) is 0 Å². The fourth-order valence-corrected chi connectivity index (χ4v) is 5.18. The molecule has 0 amide bonds. The third kappa shape index (κ3) is 3.41. The van der Waals surface area contributed by atoms with Gasteiger partial charge < -0.3 is 20.1 Å². The van der Waals surface area contributed by atoms with E-state index in [4.69, 9.17) is 9.72 Å². The zero-order valence-electron chi connectivity index (χ0n) is 17.2. The summed E-state index contributed by atoms with van der Waals surface area (Å²) in [5.74, 6) is -0.269. The number of phenols is 3. The summed E-state index contributed by atoms with van der Waals surface area (Å²) in [5, 5.41) is 32.0. The predicted molar refractivity (Wildman–Crippen MR) is 126 cm³/mol. The summed E-state index contributed by atoms with van der Waals surface area (Å²) >= 11 is 4.56. The Labute approximate surface area is 190 Å². The van der Waals surface area contributed by atoms with E-state index < -0.39 is 11.5 Å². The first-order valence-electron chi connectivity index (χ1n) is 9.73. The van der Waals surface area contributed by atoms with E-state index in [9.17, 15) is 20.1 Å². The average molecular weight is 505 g/mol. The fourth-order valence-electron chi connectivity index (χ4n) is 3.64. The van der Waals surface area contributed by atoms with Crippen LogP contribution in [0.3, 0.4) is 0 Å². The highest BCUT2D eigenvalue weighted by molar-refractivity contribution is 9.10. The van der Waals surface area contributed by atoms with Crippen molar-refractivity contribution in [2.24, 2.45) is 0 Å². The lowest BCUT2D eigenvalue weighted by Crippen LogP contribution is -2.23. The van der Waals surface area contributed by atoms with E-state index in [2.05, 4.69) is 15.9 Å². The van der Waals surface area contributed by atoms with Gasteiger partial charge in [0.1, 0.15) is 16.4 Å². The van der Waals surface area contributed by atoms with Gasteiger partial charge in [0.2, 0.25) is 5.75 Å². The van der Waals surface area contributed by atoms with E-state index in [0.717, 1.165) is 18.4 Å². The Bertz CT molecular complexity index is 1390. The number of aromatic hydroxyl groups is 3. The maximum Gasteiger partial charge on any atom is 0.263 e. The molecule has 0 fully saturated rings. The van der Waals surface area contributed by atoms with Crippen molar-refractivity contribution < 1.29 is 20.1 Å². The summed E-state index contributed by atoms with van der Waals surface area (Å²) in [5.41, 5.74) is 1.05. The monoisotopic (exact) mass is 504 g/mol. The molecule has 9 heteroatoms. The summed E-state index contributed by atoms with van der Waals surface area (Å²) in [4.78, 5) is 18.9. The van der Waals surface area contributed by atoms with Crippen LogP contribution in [0.5, 0.6) is 23.0 Å². The van der Waals surface area contributed by atoms with Crippen molar-refractivity contribution >= 4 is 47.6 Å². The van der Waals surface area contributed by atoms with Gasteiger partial charge in [-0.05, 0) is 53.0 Å². The largest absolute Gasteiger partial charge is 0.506 e. The van der Waals surface area contributed by atoms with E-state index in [1.165, 1.54) is 24.5 Å². The van der Waals surface area contributed by atoms with Crippen LogP contribution in [0, 0.1) is 6.92 Å². The van der Waals surface area contributed by atoms with Gasteiger partial charge in [0.25, 0.3) is 5.56 Å². The zero-order valence-corrected chi connectivity index (χ0v) is 19.6. The molecule has 0 unspecified atom stereocenters. The van der Waals surface area contributed by atoms with Crippen molar-refractivity contribution in [2.45, 2.75) is 33.2 Å². The Hall–Kier alpha value is -2.78. The molecule has 0 aliphatic carbocycles. The molecule has 7 nitrogen and oxygen atoms in total. The molecule has 0 aliphatic rings. The first-order valence-corrected chi connectivity index (χ1v) is 11.3. The van der Waals surface area contributed by atoms with Crippen LogP contribution in [0.25, 0.3) is 31.7 Å². The van der Waals surface area contributed by atoms with Crippen LogP contribution in [-0.2, 0) is 6.54 Å². The first kappa shape index (κ1) is 21.5. The van der Waals surface area contributed by atoms with Crippen molar-refractivity contribution in [1.29, 1.82) is 0 Å². The third-order valence-electron chi connectivity index (χ3n) is 5.19. The number of aryl methyl sites for hydroxylation is 1. The molecular weight excluding hydrogens is 484 g/mol. The summed E-state index contributed by atoms with van der Waals surface area (Å²) in [6, 6.07) is 5.07. The minimum atomic E-state index is -0.399. The van der Waals surface area contributed by atoms with E-state index >= 15 is 0 Å². The number of hydrogen-bond acceptors (Lipinski definition) is 7. The molecule has 0 aliphatic heterocycles. The molecule has 2 aromatic carbocycles. The highest BCUT2D eigenvalue weighted by Gasteiger charge is 2.24. The lowest BCUT2D eigenvalue weighted by molar-refractivity contribution is 0.350.